The highest BCUT2D eigenvalue weighted by Crippen LogP contribution is 2.05. The molecule has 0 fully saturated rings. The molecule has 0 aliphatic heterocycles. The Balaban J connectivity index is 2.48. The fourth-order valence-electron chi connectivity index (χ4n) is 1.38. The van der Waals surface area contributed by atoms with E-state index in [4.69, 9.17) is 5.26 Å². The third-order valence-corrected chi connectivity index (χ3v) is 2.13. The highest BCUT2D eigenvalue weighted by molar-refractivity contribution is 5.32. The molecule has 0 unspecified atom stereocenters. The van der Waals surface area contributed by atoms with Crippen LogP contribution in [0, 0.1) is 11.3 Å². The van der Waals surface area contributed by atoms with Gasteiger partial charge in [0.05, 0.1) is 11.6 Å². The zero-order chi connectivity index (χ0) is 11.3. The van der Waals surface area contributed by atoms with Crippen molar-refractivity contribution in [3.8, 4) is 6.07 Å². The molecule has 0 saturated carbocycles. The van der Waals surface area contributed by atoms with Crippen LogP contribution in [0.2, 0.25) is 0 Å². The van der Waals surface area contributed by atoms with Gasteiger partial charge < -0.3 is 5.32 Å². The van der Waals surface area contributed by atoms with Gasteiger partial charge in [0.25, 0.3) is 0 Å². The minimum absolute atomic E-state index is 0.160. The molecular formula is C13H18N2. The van der Waals surface area contributed by atoms with Gasteiger partial charge in [-0.1, -0.05) is 12.1 Å². The lowest BCUT2D eigenvalue weighted by Crippen LogP contribution is -2.37. The number of benzene rings is 1. The number of rotatable bonds is 3. The lowest BCUT2D eigenvalue weighted by atomic mass is 10.1. The van der Waals surface area contributed by atoms with Crippen molar-refractivity contribution in [1.29, 1.82) is 5.26 Å². The van der Waals surface area contributed by atoms with Gasteiger partial charge in [-0.05, 0) is 51.4 Å². The molecule has 0 aromatic heterocycles. The van der Waals surface area contributed by atoms with Crippen molar-refractivity contribution < 1.29 is 0 Å². The highest BCUT2D eigenvalue weighted by atomic mass is 14.9. The smallest absolute Gasteiger partial charge is 0.0991 e. The topological polar surface area (TPSA) is 35.8 Å². The summed E-state index contributed by atoms with van der Waals surface area (Å²) in [5, 5.41) is 12.2. The normalized spacial score (nSPS) is 11.1. The second kappa shape index (κ2) is 4.95. The standard InChI is InChI=1S/C13H18N2/c1-13(2,3)15-8-7-11-5-4-6-12(9-11)10-14/h4-6,9,15H,7-8H2,1-3H3. The molecule has 0 aliphatic rings. The van der Waals surface area contributed by atoms with E-state index in [1.807, 2.05) is 18.2 Å². The Hall–Kier alpha value is -1.33. The monoisotopic (exact) mass is 202 g/mol. The van der Waals surface area contributed by atoms with E-state index in [1.54, 1.807) is 0 Å². The lowest BCUT2D eigenvalue weighted by Gasteiger charge is -2.20. The van der Waals surface area contributed by atoms with Crippen LogP contribution in [0.3, 0.4) is 0 Å². The molecular weight excluding hydrogens is 184 g/mol. The Bertz CT molecular complexity index is 356. The summed E-state index contributed by atoms with van der Waals surface area (Å²) in [6.45, 7) is 7.40. The Morgan fingerprint density at radius 2 is 2.07 bits per heavy atom. The highest BCUT2D eigenvalue weighted by Gasteiger charge is 2.07. The zero-order valence-corrected chi connectivity index (χ0v) is 9.67. The van der Waals surface area contributed by atoms with E-state index < -0.39 is 0 Å². The first-order valence-electron chi connectivity index (χ1n) is 5.25. The molecule has 0 spiro atoms. The van der Waals surface area contributed by atoms with Gasteiger partial charge >= 0.3 is 0 Å². The fraction of sp³-hybridized carbons (Fsp3) is 0.462. The van der Waals surface area contributed by atoms with Crippen LogP contribution in [0.25, 0.3) is 0 Å². The van der Waals surface area contributed by atoms with E-state index in [2.05, 4.69) is 38.2 Å². The molecule has 1 aromatic rings. The number of nitrogens with one attached hydrogen (secondary N) is 1. The van der Waals surface area contributed by atoms with Crippen LogP contribution in [0.5, 0.6) is 0 Å². The summed E-state index contributed by atoms with van der Waals surface area (Å²) in [5.74, 6) is 0. The second-order valence-electron chi connectivity index (χ2n) is 4.74. The van der Waals surface area contributed by atoms with Crippen molar-refractivity contribution in [3.63, 3.8) is 0 Å². The second-order valence-corrected chi connectivity index (χ2v) is 4.74. The predicted octanol–water partition coefficient (Wildman–Crippen LogP) is 2.49. The Morgan fingerprint density at radius 1 is 1.33 bits per heavy atom. The summed E-state index contributed by atoms with van der Waals surface area (Å²) < 4.78 is 0. The van der Waals surface area contributed by atoms with Gasteiger partial charge in [0.15, 0.2) is 0 Å². The number of hydrogen-bond acceptors (Lipinski definition) is 2. The van der Waals surface area contributed by atoms with Crippen molar-refractivity contribution in [1.82, 2.24) is 5.32 Å². The van der Waals surface area contributed by atoms with Gasteiger partial charge in [0.2, 0.25) is 0 Å². The molecule has 80 valence electrons. The van der Waals surface area contributed by atoms with Gasteiger partial charge in [-0.25, -0.2) is 0 Å². The first-order valence-corrected chi connectivity index (χ1v) is 5.25. The lowest BCUT2D eigenvalue weighted by molar-refractivity contribution is 0.429. The molecule has 2 nitrogen and oxygen atoms in total. The molecule has 0 saturated heterocycles. The van der Waals surface area contributed by atoms with Crippen molar-refractivity contribution in [3.05, 3.63) is 35.4 Å². The van der Waals surface area contributed by atoms with Crippen LogP contribution in [0.1, 0.15) is 31.9 Å². The zero-order valence-electron chi connectivity index (χ0n) is 9.67. The molecule has 1 rings (SSSR count). The maximum absolute atomic E-state index is 8.75. The average Bonchev–Trinajstić information content (AvgIpc) is 2.16. The maximum atomic E-state index is 8.75. The minimum atomic E-state index is 0.160. The summed E-state index contributed by atoms with van der Waals surface area (Å²) in [4.78, 5) is 0. The van der Waals surface area contributed by atoms with E-state index in [9.17, 15) is 0 Å². The molecule has 0 radical (unpaired) electrons. The molecule has 2 heteroatoms. The van der Waals surface area contributed by atoms with Crippen LogP contribution in [-0.4, -0.2) is 12.1 Å². The summed E-state index contributed by atoms with van der Waals surface area (Å²) in [6.07, 6.45) is 0.965. The van der Waals surface area contributed by atoms with Crippen LogP contribution in [0.15, 0.2) is 24.3 Å². The largest absolute Gasteiger partial charge is 0.312 e. The Labute approximate surface area is 91.9 Å². The Kier molecular flexibility index (Phi) is 3.88. The van der Waals surface area contributed by atoms with E-state index in [0.29, 0.717) is 0 Å². The predicted molar refractivity (Wildman–Crippen MR) is 62.6 cm³/mol. The van der Waals surface area contributed by atoms with Crippen LogP contribution in [-0.2, 0) is 6.42 Å². The first kappa shape index (κ1) is 11.7. The fourth-order valence-corrected chi connectivity index (χ4v) is 1.38. The van der Waals surface area contributed by atoms with Crippen molar-refractivity contribution in [2.24, 2.45) is 0 Å². The van der Waals surface area contributed by atoms with Gasteiger partial charge in [0.1, 0.15) is 0 Å². The summed E-state index contributed by atoms with van der Waals surface area (Å²) in [7, 11) is 0. The maximum Gasteiger partial charge on any atom is 0.0991 e. The summed E-state index contributed by atoms with van der Waals surface area (Å²) >= 11 is 0. The average molecular weight is 202 g/mol. The van der Waals surface area contributed by atoms with E-state index in [0.717, 1.165) is 18.5 Å². The minimum Gasteiger partial charge on any atom is -0.312 e. The van der Waals surface area contributed by atoms with Gasteiger partial charge in [-0.2, -0.15) is 5.26 Å². The number of nitriles is 1. The number of hydrogen-bond donors (Lipinski definition) is 1. The molecule has 0 aliphatic carbocycles. The molecule has 15 heavy (non-hydrogen) atoms. The molecule has 0 bridgehead atoms. The summed E-state index contributed by atoms with van der Waals surface area (Å²) in [6, 6.07) is 9.93. The molecule has 1 N–H and O–H groups in total. The van der Waals surface area contributed by atoms with Crippen molar-refractivity contribution in [2.45, 2.75) is 32.7 Å². The molecule has 0 heterocycles. The molecule has 0 amide bonds. The van der Waals surface area contributed by atoms with Crippen molar-refractivity contribution in [2.75, 3.05) is 6.54 Å². The van der Waals surface area contributed by atoms with Gasteiger partial charge in [0, 0.05) is 5.54 Å². The van der Waals surface area contributed by atoms with E-state index >= 15 is 0 Å². The Morgan fingerprint density at radius 3 is 2.67 bits per heavy atom. The van der Waals surface area contributed by atoms with E-state index in [1.165, 1.54) is 5.56 Å². The molecule has 1 aromatic carbocycles. The molecule has 0 atom stereocenters. The van der Waals surface area contributed by atoms with Crippen molar-refractivity contribution >= 4 is 0 Å². The van der Waals surface area contributed by atoms with Gasteiger partial charge in [-0.3, -0.25) is 0 Å². The quantitative estimate of drug-likeness (QED) is 0.817. The third kappa shape index (κ3) is 4.62. The van der Waals surface area contributed by atoms with Crippen LogP contribution in [0.4, 0.5) is 0 Å². The SMILES string of the molecule is CC(C)(C)NCCc1cccc(C#N)c1. The van der Waals surface area contributed by atoms with Crippen LogP contribution < -0.4 is 5.32 Å². The van der Waals surface area contributed by atoms with Gasteiger partial charge in [-0.15, -0.1) is 0 Å². The van der Waals surface area contributed by atoms with Crippen LogP contribution >= 0.6 is 0 Å². The first-order chi connectivity index (χ1) is 7.01. The number of nitrogens with zero attached hydrogens (tertiary/aromatic N) is 1. The third-order valence-electron chi connectivity index (χ3n) is 2.13. The summed E-state index contributed by atoms with van der Waals surface area (Å²) in [5.41, 5.74) is 2.11. The van der Waals surface area contributed by atoms with E-state index in [-0.39, 0.29) is 5.54 Å².